The van der Waals surface area contributed by atoms with Crippen molar-refractivity contribution in [1.29, 1.82) is 0 Å². The zero-order chi connectivity index (χ0) is 19.7. The van der Waals surface area contributed by atoms with Crippen LogP contribution in [0.2, 0.25) is 0 Å². The standard InChI is InChI=1S/C24H18O4/c1-27-23(25)21-13-17(11-15-7-3-5-9-19(15)21)18-12-16-8-4-6-10-20(16)22(14-18)24(26)28-2/h3-14H,1-2H3. The van der Waals surface area contributed by atoms with Gasteiger partial charge in [-0.05, 0) is 56.9 Å². The van der Waals surface area contributed by atoms with E-state index in [9.17, 15) is 9.59 Å². The molecule has 4 aromatic carbocycles. The van der Waals surface area contributed by atoms with Gasteiger partial charge in [-0.3, -0.25) is 0 Å². The van der Waals surface area contributed by atoms with Crippen molar-refractivity contribution in [1.82, 2.24) is 0 Å². The number of rotatable bonds is 3. The Morgan fingerprint density at radius 3 is 1.39 bits per heavy atom. The van der Waals surface area contributed by atoms with Crippen LogP contribution >= 0.6 is 0 Å². The van der Waals surface area contributed by atoms with Gasteiger partial charge < -0.3 is 9.47 Å². The van der Waals surface area contributed by atoms with Crippen molar-refractivity contribution in [2.24, 2.45) is 0 Å². The molecule has 0 saturated heterocycles. The van der Waals surface area contributed by atoms with Crippen molar-refractivity contribution in [3.63, 3.8) is 0 Å². The van der Waals surface area contributed by atoms with E-state index < -0.39 is 11.9 Å². The fourth-order valence-corrected chi connectivity index (χ4v) is 3.51. The third-order valence-corrected chi connectivity index (χ3v) is 4.87. The van der Waals surface area contributed by atoms with Gasteiger partial charge in [0.1, 0.15) is 0 Å². The normalized spacial score (nSPS) is 10.8. The fourth-order valence-electron chi connectivity index (χ4n) is 3.51. The molecule has 0 amide bonds. The van der Waals surface area contributed by atoms with E-state index in [4.69, 9.17) is 9.47 Å². The summed E-state index contributed by atoms with van der Waals surface area (Å²) in [5.41, 5.74) is 2.64. The lowest BCUT2D eigenvalue weighted by Gasteiger charge is -2.12. The molecule has 0 unspecified atom stereocenters. The van der Waals surface area contributed by atoms with Crippen LogP contribution in [-0.2, 0) is 9.47 Å². The minimum Gasteiger partial charge on any atom is -0.465 e. The van der Waals surface area contributed by atoms with E-state index in [0.29, 0.717) is 11.1 Å². The zero-order valence-corrected chi connectivity index (χ0v) is 15.6. The van der Waals surface area contributed by atoms with Crippen molar-refractivity contribution in [3.8, 4) is 11.1 Å². The maximum atomic E-state index is 12.3. The number of ether oxygens (including phenoxy) is 2. The molecule has 0 atom stereocenters. The number of carbonyl (C=O) groups is 2. The van der Waals surface area contributed by atoms with Crippen LogP contribution in [0.25, 0.3) is 32.7 Å². The molecule has 0 aromatic heterocycles. The van der Waals surface area contributed by atoms with Gasteiger partial charge in [0, 0.05) is 0 Å². The topological polar surface area (TPSA) is 52.6 Å². The van der Waals surface area contributed by atoms with Gasteiger partial charge in [0.15, 0.2) is 0 Å². The average molecular weight is 370 g/mol. The summed E-state index contributed by atoms with van der Waals surface area (Å²) in [6.45, 7) is 0. The Balaban J connectivity index is 2.01. The summed E-state index contributed by atoms with van der Waals surface area (Å²) < 4.78 is 9.94. The summed E-state index contributed by atoms with van der Waals surface area (Å²) >= 11 is 0. The summed E-state index contributed by atoms with van der Waals surface area (Å²) in [4.78, 5) is 24.7. The molecular weight excluding hydrogens is 352 g/mol. The number of carbonyl (C=O) groups excluding carboxylic acids is 2. The highest BCUT2D eigenvalue weighted by Gasteiger charge is 2.16. The van der Waals surface area contributed by atoms with Crippen LogP contribution in [0.15, 0.2) is 72.8 Å². The molecule has 0 saturated carbocycles. The molecule has 0 heterocycles. The predicted molar refractivity (Wildman–Crippen MR) is 110 cm³/mol. The number of hydrogen-bond donors (Lipinski definition) is 0. The lowest BCUT2D eigenvalue weighted by atomic mass is 9.93. The fraction of sp³-hybridized carbons (Fsp3) is 0.0833. The maximum Gasteiger partial charge on any atom is 0.338 e. The molecule has 0 aliphatic rings. The van der Waals surface area contributed by atoms with Gasteiger partial charge in [0.25, 0.3) is 0 Å². The number of esters is 2. The van der Waals surface area contributed by atoms with E-state index in [1.807, 2.05) is 60.7 Å². The molecule has 4 heteroatoms. The third-order valence-electron chi connectivity index (χ3n) is 4.87. The first-order chi connectivity index (χ1) is 13.6. The molecule has 0 spiro atoms. The van der Waals surface area contributed by atoms with Gasteiger partial charge in [-0.1, -0.05) is 48.5 Å². The zero-order valence-electron chi connectivity index (χ0n) is 15.6. The third kappa shape index (κ3) is 2.99. The second kappa shape index (κ2) is 7.16. The Hall–Kier alpha value is -3.66. The van der Waals surface area contributed by atoms with E-state index in [1.54, 1.807) is 12.1 Å². The van der Waals surface area contributed by atoms with Crippen LogP contribution in [0.1, 0.15) is 20.7 Å². The van der Waals surface area contributed by atoms with Gasteiger partial charge in [-0.25, -0.2) is 9.59 Å². The van der Waals surface area contributed by atoms with Crippen LogP contribution in [0.4, 0.5) is 0 Å². The average Bonchev–Trinajstić information content (AvgIpc) is 2.76. The van der Waals surface area contributed by atoms with Gasteiger partial charge in [-0.15, -0.1) is 0 Å². The van der Waals surface area contributed by atoms with E-state index >= 15 is 0 Å². The Bertz CT molecular complexity index is 1130. The number of methoxy groups -OCH3 is 2. The van der Waals surface area contributed by atoms with E-state index in [1.165, 1.54) is 14.2 Å². The number of hydrogen-bond acceptors (Lipinski definition) is 4. The van der Waals surface area contributed by atoms with E-state index in [2.05, 4.69) is 0 Å². The van der Waals surface area contributed by atoms with Crippen LogP contribution in [0, 0.1) is 0 Å². The monoisotopic (exact) mass is 370 g/mol. The largest absolute Gasteiger partial charge is 0.465 e. The second-order valence-corrected chi connectivity index (χ2v) is 6.47. The lowest BCUT2D eigenvalue weighted by Crippen LogP contribution is -2.04. The first kappa shape index (κ1) is 17.7. The molecule has 0 aliphatic heterocycles. The minimum absolute atomic E-state index is 0.396. The van der Waals surface area contributed by atoms with Crippen molar-refractivity contribution >= 4 is 33.5 Å². The molecule has 0 bridgehead atoms. The molecule has 4 aromatic rings. The Kier molecular flexibility index (Phi) is 4.53. The number of benzene rings is 4. The Labute approximate surface area is 162 Å². The molecule has 0 fully saturated rings. The molecule has 0 radical (unpaired) electrons. The Morgan fingerprint density at radius 1 is 0.607 bits per heavy atom. The van der Waals surface area contributed by atoms with Gasteiger partial charge in [-0.2, -0.15) is 0 Å². The highest BCUT2D eigenvalue weighted by Crippen LogP contribution is 2.32. The highest BCUT2D eigenvalue weighted by molar-refractivity contribution is 6.09. The summed E-state index contributed by atoms with van der Waals surface area (Å²) in [5, 5.41) is 3.50. The predicted octanol–water partition coefficient (Wildman–Crippen LogP) is 5.23. The quantitative estimate of drug-likeness (QED) is 0.463. The van der Waals surface area contributed by atoms with E-state index in [0.717, 1.165) is 32.7 Å². The lowest BCUT2D eigenvalue weighted by molar-refractivity contribution is 0.0594. The van der Waals surface area contributed by atoms with Crippen molar-refractivity contribution in [3.05, 3.63) is 83.9 Å². The first-order valence-electron chi connectivity index (χ1n) is 8.85. The van der Waals surface area contributed by atoms with Crippen molar-refractivity contribution in [2.75, 3.05) is 14.2 Å². The Morgan fingerprint density at radius 2 is 1.00 bits per heavy atom. The van der Waals surface area contributed by atoms with Crippen LogP contribution in [0.5, 0.6) is 0 Å². The minimum atomic E-state index is -0.396. The molecule has 28 heavy (non-hydrogen) atoms. The molecule has 4 rings (SSSR count). The van der Waals surface area contributed by atoms with Crippen molar-refractivity contribution < 1.29 is 19.1 Å². The van der Waals surface area contributed by atoms with Gasteiger partial charge in [0.2, 0.25) is 0 Å². The van der Waals surface area contributed by atoms with Crippen LogP contribution in [0.3, 0.4) is 0 Å². The SMILES string of the molecule is COC(=O)c1cc(-c2cc(C(=O)OC)c3ccccc3c2)cc2ccccc12. The summed E-state index contributed by atoms with van der Waals surface area (Å²) in [6, 6.07) is 22.9. The maximum absolute atomic E-state index is 12.3. The molecule has 0 aliphatic carbocycles. The second-order valence-electron chi connectivity index (χ2n) is 6.47. The molecule has 138 valence electrons. The number of fused-ring (bicyclic) bond motifs is 2. The van der Waals surface area contributed by atoms with Crippen LogP contribution in [-0.4, -0.2) is 26.2 Å². The highest BCUT2D eigenvalue weighted by atomic mass is 16.5. The molecule has 4 nitrogen and oxygen atoms in total. The van der Waals surface area contributed by atoms with Crippen molar-refractivity contribution in [2.45, 2.75) is 0 Å². The summed E-state index contributed by atoms with van der Waals surface area (Å²) in [5.74, 6) is -0.793. The summed E-state index contributed by atoms with van der Waals surface area (Å²) in [7, 11) is 2.74. The summed E-state index contributed by atoms with van der Waals surface area (Å²) in [6.07, 6.45) is 0. The van der Waals surface area contributed by atoms with Crippen LogP contribution < -0.4 is 0 Å². The molecule has 0 N–H and O–H groups in total. The van der Waals surface area contributed by atoms with Gasteiger partial charge >= 0.3 is 11.9 Å². The van der Waals surface area contributed by atoms with Gasteiger partial charge in [0.05, 0.1) is 25.3 Å². The first-order valence-corrected chi connectivity index (χ1v) is 8.85. The molecular formula is C24H18O4. The smallest absolute Gasteiger partial charge is 0.338 e. The van der Waals surface area contributed by atoms with E-state index in [-0.39, 0.29) is 0 Å².